The van der Waals surface area contributed by atoms with E-state index in [1.807, 2.05) is 12.1 Å². The van der Waals surface area contributed by atoms with Gasteiger partial charge in [-0.25, -0.2) is 15.0 Å². The van der Waals surface area contributed by atoms with Crippen molar-refractivity contribution in [1.82, 2.24) is 24.1 Å². The molecule has 0 fully saturated rings. The van der Waals surface area contributed by atoms with Gasteiger partial charge in [0.1, 0.15) is 0 Å². The van der Waals surface area contributed by atoms with Crippen LogP contribution in [0.3, 0.4) is 0 Å². The average Bonchev–Trinajstić information content (AvgIpc) is 3.01. The summed E-state index contributed by atoms with van der Waals surface area (Å²) in [6, 6.07) is 68.3. The zero-order valence-electron chi connectivity index (χ0n) is 47.6. The fourth-order valence-corrected chi connectivity index (χ4v) is 12.7. The highest BCUT2D eigenvalue weighted by molar-refractivity contribution is 7.00. The van der Waals surface area contributed by atoms with Crippen LogP contribution in [0.15, 0.2) is 182 Å². The number of benzene rings is 9. The van der Waals surface area contributed by atoms with Crippen LogP contribution in [0, 0.1) is 0 Å². The van der Waals surface area contributed by atoms with Crippen LogP contribution < -0.4 is 16.4 Å². The molecule has 3 aromatic heterocycles. The van der Waals surface area contributed by atoms with Crippen LogP contribution in [0.25, 0.3) is 111 Å². The van der Waals surface area contributed by atoms with Gasteiger partial charge in [-0.05, 0) is 119 Å². The van der Waals surface area contributed by atoms with Gasteiger partial charge >= 0.3 is 0 Å². The third kappa shape index (κ3) is 7.84. The number of hydrogen-bond acceptors (Lipinski definition) is 3. The molecule has 0 atom stereocenters. The number of aromatic nitrogens is 5. The maximum absolute atomic E-state index is 5.39. The Kier molecular flexibility index (Phi) is 10.6. The number of rotatable bonds is 5. The second kappa shape index (κ2) is 17.1. The molecule has 0 saturated heterocycles. The number of hydrogen-bond donors (Lipinski definition) is 0. The Labute approximate surface area is 465 Å². The van der Waals surface area contributed by atoms with Gasteiger partial charge in [-0.3, -0.25) is 0 Å². The van der Waals surface area contributed by atoms with E-state index in [4.69, 9.17) is 15.0 Å². The van der Waals surface area contributed by atoms with Crippen LogP contribution in [0.5, 0.6) is 0 Å². The predicted octanol–water partition coefficient (Wildman–Crippen LogP) is 16.7. The molecule has 0 unspecified atom stereocenters. The minimum absolute atomic E-state index is 0.00390. The molecule has 12 aromatic rings. The molecule has 5 nitrogen and oxygen atoms in total. The summed E-state index contributed by atoms with van der Waals surface area (Å²) in [5.74, 6) is 1.91. The summed E-state index contributed by atoms with van der Waals surface area (Å²) in [6.45, 7) is 27.8. The Balaban J connectivity index is 1.06. The fourth-order valence-electron chi connectivity index (χ4n) is 12.7. The lowest BCUT2D eigenvalue weighted by atomic mass is 9.34. The largest absolute Gasteiger partial charge is 0.310 e. The van der Waals surface area contributed by atoms with Crippen LogP contribution in [-0.2, 0) is 21.7 Å². The lowest BCUT2D eigenvalue weighted by molar-refractivity contribution is 0.568. The van der Waals surface area contributed by atoms with Crippen molar-refractivity contribution in [2.75, 3.05) is 0 Å². The number of nitrogens with zero attached hydrogens (tertiary/aromatic N) is 5. The Morgan fingerprint density at radius 3 is 1.04 bits per heavy atom. The average molecular weight is 1020 g/mol. The Morgan fingerprint density at radius 2 is 0.671 bits per heavy atom. The quantitative estimate of drug-likeness (QED) is 0.161. The molecule has 2 aliphatic rings. The minimum atomic E-state index is -0.0345. The highest BCUT2D eigenvalue weighted by atomic mass is 15.1. The van der Waals surface area contributed by atoms with E-state index in [-0.39, 0.29) is 28.4 Å². The second-order valence-corrected chi connectivity index (χ2v) is 26.6. The first kappa shape index (κ1) is 49.0. The SMILES string of the molecule is CC(C)(C)c1cc(-c2ccc3c(c2)c2cccc4c2n3-c2cc(-c3nc(-c5ccccc5)nc(-c5ccccc5)n3)cc3c2B4c2cccc4c5cc(-c6cc(C(C)(C)C)cc(C(C)(C)C)c6)ccc5n-3c24)cc(C(C)(C)C)c1. The Bertz CT molecular complexity index is 4170. The zero-order valence-corrected chi connectivity index (χ0v) is 47.6. The third-order valence-corrected chi connectivity index (χ3v) is 17.1. The maximum Gasteiger partial charge on any atom is 0.252 e. The first-order valence-corrected chi connectivity index (χ1v) is 28.2. The smallest absolute Gasteiger partial charge is 0.252 e. The molecule has 0 radical (unpaired) electrons. The van der Waals surface area contributed by atoms with Crippen molar-refractivity contribution in [2.24, 2.45) is 0 Å². The van der Waals surface area contributed by atoms with Crippen LogP contribution in [-0.4, -0.2) is 30.8 Å². The number of fused-ring (bicyclic) bond motifs is 10. The standard InChI is InChI=1S/C73H66BN5/c1-70(2,3)50-33-47(34-51(41-50)71(4,5)6)45-29-31-60-56(37-45)54-25-19-27-58-65(54)78(60)62-39-49(69-76-67(43-21-15-13-16-22-43)75-68(77-69)44-23-17-14-18-24-44)40-63-64(62)74(58)59-28-20-26-55-57-38-46(30-32-61(57)79(63)66(55)59)48-35-52(72(7,8)9)42-53(36-48)73(10,11)12/h13-42H,1-12H3. The van der Waals surface area contributed by atoms with E-state index in [9.17, 15) is 0 Å². The molecular formula is C73H66BN5. The summed E-state index contributed by atoms with van der Waals surface area (Å²) in [4.78, 5) is 15.9. The van der Waals surface area contributed by atoms with Gasteiger partial charge in [0.25, 0.3) is 6.71 Å². The summed E-state index contributed by atoms with van der Waals surface area (Å²) in [7, 11) is 0. The van der Waals surface area contributed by atoms with Gasteiger partial charge in [0.2, 0.25) is 0 Å². The van der Waals surface area contributed by atoms with E-state index in [1.54, 1.807) is 0 Å². The van der Waals surface area contributed by atoms with Gasteiger partial charge in [0.15, 0.2) is 17.5 Å². The molecule has 79 heavy (non-hydrogen) atoms. The molecule has 0 saturated carbocycles. The first-order chi connectivity index (χ1) is 37.7. The first-order valence-electron chi connectivity index (χ1n) is 28.2. The van der Waals surface area contributed by atoms with E-state index in [0.29, 0.717) is 17.5 Å². The molecule has 14 rings (SSSR count). The normalized spacial score (nSPS) is 13.3. The molecule has 2 aliphatic heterocycles. The van der Waals surface area contributed by atoms with Gasteiger partial charge in [0.05, 0.1) is 11.0 Å². The van der Waals surface area contributed by atoms with Gasteiger partial charge in [-0.1, -0.05) is 229 Å². The molecular weight excluding hydrogens is 958 g/mol. The Hall–Kier alpha value is -8.35. The van der Waals surface area contributed by atoms with Crippen molar-refractivity contribution in [3.63, 3.8) is 0 Å². The molecule has 0 amide bonds. The minimum Gasteiger partial charge on any atom is -0.310 e. The van der Waals surface area contributed by atoms with Crippen molar-refractivity contribution in [3.05, 3.63) is 204 Å². The highest BCUT2D eigenvalue weighted by Gasteiger charge is 2.41. The third-order valence-electron chi connectivity index (χ3n) is 17.1. The second-order valence-electron chi connectivity index (χ2n) is 26.6. The predicted molar refractivity (Wildman–Crippen MR) is 335 cm³/mol. The van der Waals surface area contributed by atoms with Gasteiger partial charge in [0, 0.05) is 60.6 Å². The molecule has 0 bridgehead atoms. The monoisotopic (exact) mass is 1020 g/mol. The lowest BCUT2D eigenvalue weighted by Crippen LogP contribution is -2.59. The molecule has 6 heteroatoms. The molecule has 9 aromatic carbocycles. The number of para-hydroxylation sites is 2. The van der Waals surface area contributed by atoms with Gasteiger partial charge in [-0.2, -0.15) is 0 Å². The topological polar surface area (TPSA) is 48.5 Å². The van der Waals surface area contributed by atoms with Crippen LogP contribution in [0.4, 0.5) is 0 Å². The summed E-state index contributed by atoms with van der Waals surface area (Å²) in [5.41, 5.74) is 24.2. The van der Waals surface area contributed by atoms with Crippen molar-refractivity contribution in [3.8, 4) is 67.8 Å². The van der Waals surface area contributed by atoms with E-state index in [2.05, 4.69) is 262 Å². The summed E-state index contributed by atoms with van der Waals surface area (Å²) in [5, 5.41) is 4.99. The fraction of sp³-hybridized carbons (Fsp3) is 0.219. The Morgan fingerprint density at radius 1 is 0.304 bits per heavy atom. The molecule has 5 heterocycles. The molecule has 0 aliphatic carbocycles. The molecule has 0 spiro atoms. The van der Waals surface area contributed by atoms with Crippen molar-refractivity contribution in [1.29, 1.82) is 0 Å². The maximum atomic E-state index is 5.39. The van der Waals surface area contributed by atoms with Gasteiger partial charge < -0.3 is 9.13 Å². The van der Waals surface area contributed by atoms with E-state index < -0.39 is 0 Å². The van der Waals surface area contributed by atoms with Crippen molar-refractivity contribution < 1.29 is 0 Å². The van der Waals surface area contributed by atoms with E-state index in [1.165, 1.54) is 105 Å². The van der Waals surface area contributed by atoms with Crippen molar-refractivity contribution in [2.45, 2.75) is 105 Å². The van der Waals surface area contributed by atoms with E-state index >= 15 is 0 Å². The molecule has 0 N–H and O–H groups in total. The van der Waals surface area contributed by atoms with Crippen LogP contribution >= 0.6 is 0 Å². The lowest BCUT2D eigenvalue weighted by Gasteiger charge is -2.34. The molecule has 386 valence electrons. The van der Waals surface area contributed by atoms with Crippen molar-refractivity contribution >= 4 is 66.7 Å². The highest BCUT2D eigenvalue weighted by Crippen LogP contribution is 2.44. The summed E-state index contributed by atoms with van der Waals surface area (Å²) >= 11 is 0. The zero-order chi connectivity index (χ0) is 54.7. The summed E-state index contributed by atoms with van der Waals surface area (Å²) in [6.07, 6.45) is 0. The van der Waals surface area contributed by atoms with E-state index in [0.717, 1.165) is 28.1 Å². The van der Waals surface area contributed by atoms with Gasteiger partial charge in [-0.15, -0.1) is 0 Å². The summed E-state index contributed by atoms with van der Waals surface area (Å²) < 4.78 is 5.13. The van der Waals surface area contributed by atoms with Crippen LogP contribution in [0.2, 0.25) is 0 Å². The van der Waals surface area contributed by atoms with Crippen LogP contribution in [0.1, 0.15) is 105 Å².